The van der Waals surface area contributed by atoms with Crippen molar-refractivity contribution in [1.29, 1.82) is 0 Å². The Hall–Kier alpha value is -0.870. The molecule has 0 radical (unpaired) electrons. The Morgan fingerprint density at radius 3 is 2.86 bits per heavy atom. The zero-order valence-corrected chi connectivity index (χ0v) is 9.63. The van der Waals surface area contributed by atoms with Crippen molar-refractivity contribution < 1.29 is 4.74 Å². The van der Waals surface area contributed by atoms with Gasteiger partial charge < -0.3 is 4.74 Å². The Bertz CT molecular complexity index is 489. The Morgan fingerprint density at radius 2 is 2.14 bits per heavy atom. The van der Waals surface area contributed by atoms with Gasteiger partial charge in [0.15, 0.2) is 0 Å². The molecule has 0 saturated heterocycles. The molecule has 14 heavy (non-hydrogen) atoms. The molecule has 0 spiro atoms. The van der Waals surface area contributed by atoms with E-state index >= 15 is 0 Å². The number of aromatic nitrogens is 2. The predicted molar refractivity (Wildman–Crippen MR) is 58.8 cm³/mol. The second-order valence-electron chi connectivity index (χ2n) is 2.67. The van der Waals surface area contributed by atoms with Crippen molar-refractivity contribution in [2.24, 2.45) is 0 Å². The molecule has 0 N–H and O–H groups in total. The summed E-state index contributed by atoms with van der Waals surface area (Å²) in [6.07, 6.45) is 0. The van der Waals surface area contributed by atoms with Gasteiger partial charge >= 0.3 is 0 Å². The Morgan fingerprint density at radius 1 is 1.36 bits per heavy atom. The normalized spacial score (nSPS) is 10.5. The zero-order chi connectivity index (χ0) is 10.1. The number of halogens is 2. The fraction of sp³-hybridized carbons (Fsp3) is 0.111. The van der Waals surface area contributed by atoms with Gasteiger partial charge in [0, 0.05) is 11.5 Å². The molecule has 0 aliphatic heterocycles. The van der Waals surface area contributed by atoms with E-state index in [2.05, 4.69) is 25.9 Å². The smallest absolute Gasteiger partial charge is 0.224 e. The lowest BCUT2D eigenvalue weighted by atomic mass is 10.2. The van der Waals surface area contributed by atoms with E-state index in [-0.39, 0.29) is 5.28 Å². The monoisotopic (exact) mass is 272 g/mol. The summed E-state index contributed by atoms with van der Waals surface area (Å²) in [7, 11) is 1.61. The molecule has 1 heterocycles. The molecule has 0 saturated carbocycles. The maximum absolute atomic E-state index is 5.73. The number of hydrogen-bond donors (Lipinski definition) is 0. The number of nitrogens with zero attached hydrogens (tertiary/aromatic N) is 2. The molecule has 0 bridgehead atoms. The first-order chi connectivity index (χ1) is 6.70. The summed E-state index contributed by atoms with van der Waals surface area (Å²) < 4.78 is 5.77. The average Bonchev–Trinajstić information content (AvgIpc) is 2.16. The van der Waals surface area contributed by atoms with Gasteiger partial charge in [0.05, 0.1) is 12.6 Å². The van der Waals surface area contributed by atoms with E-state index < -0.39 is 0 Å². The van der Waals surface area contributed by atoms with Crippen LogP contribution in [-0.2, 0) is 0 Å². The van der Waals surface area contributed by atoms with Crippen molar-refractivity contribution in [2.45, 2.75) is 0 Å². The second-order valence-corrected chi connectivity index (χ2v) is 3.76. The van der Waals surface area contributed by atoms with Crippen LogP contribution in [0.2, 0.25) is 5.28 Å². The van der Waals surface area contributed by atoms with Gasteiger partial charge in [-0.25, -0.2) is 9.97 Å². The van der Waals surface area contributed by atoms with Gasteiger partial charge in [-0.2, -0.15) is 0 Å². The summed E-state index contributed by atoms with van der Waals surface area (Å²) in [6, 6.07) is 5.55. The Balaban J connectivity index is 2.75. The molecule has 0 fully saturated rings. The Labute approximate surface area is 94.2 Å². The third-order valence-corrected chi connectivity index (χ3v) is 2.60. The van der Waals surface area contributed by atoms with Gasteiger partial charge in [-0.15, -0.1) is 0 Å². The number of methoxy groups -OCH3 is 1. The van der Waals surface area contributed by atoms with Crippen LogP contribution in [0.5, 0.6) is 5.75 Å². The SMILES string of the molecule is COc1ccc2c(Br)nc(Cl)nc2c1. The van der Waals surface area contributed by atoms with Crippen LogP contribution in [-0.4, -0.2) is 17.1 Å². The van der Waals surface area contributed by atoms with E-state index in [0.29, 0.717) is 4.60 Å². The number of hydrogen-bond acceptors (Lipinski definition) is 3. The first-order valence-electron chi connectivity index (χ1n) is 3.87. The molecule has 2 rings (SSSR count). The van der Waals surface area contributed by atoms with Crippen molar-refractivity contribution in [3.8, 4) is 5.75 Å². The number of rotatable bonds is 1. The minimum Gasteiger partial charge on any atom is -0.497 e. The molecule has 0 aliphatic carbocycles. The lowest BCUT2D eigenvalue weighted by Gasteiger charge is -2.03. The van der Waals surface area contributed by atoms with Crippen LogP contribution in [0.1, 0.15) is 0 Å². The lowest BCUT2D eigenvalue weighted by molar-refractivity contribution is 0.415. The molecule has 5 heteroatoms. The highest BCUT2D eigenvalue weighted by atomic mass is 79.9. The van der Waals surface area contributed by atoms with Crippen LogP contribution in [0.3, 0.4) is 0 Å². The maximum atomic E-state index is 5.73. The van der Waals surface area contributed by atoms with Crippen LogP contribution in [0.15, 0.2) is 22.8 Å². The molecule has 0 atom stereocenters. The predicted octanol–water partition coefficient (Wildman–Crippen LogP) is 3.05. The molecule has 0 aliphatic rings. The highest BCUT2D eigenvalue weighted by molar-refractivity contribution is 9.10. The van der Waals surface area contributed by atoms with Crippen LogP contribution < -0.4 is 4.74 Å². The first-order valence-corrected chi connectivity index (χ1v) is 5.04. The van der Waals surface area contributed by atoms with Crippen molar-refractivity contribution in [3.05, 3.63) is 28.1 Å². The summed E-state index contributed by atoms with van der Waals surface area (Å²) in [6.45, 7) is 0. The second kappa shape index (κ2) is 3.71. The van der Waals surface area contributed by atoms with Crippen molar-refractivity contribution in [3.63, 3.8) is 0 Å². The molecule has 1 aromatic carbocycles. The Kier molecular flexibility index (Phi) is 2.56. The van der Waals surface area contributed by atoms with E-state index in [0.717, 1.165) is 16.7 Å². The van der Waals surface area contributed by atoms with Gasteiger partial charge in [-0.3, -0.25) is 0 Å². The van der Waals surface area contributed by atoms with Crippen LogP contribution in [0.4, 0.5) is 0 Å². The third kappa shape index (κ3) is 1.67. The number of fused-ring (bicyclic) bond motifs is 1. The highest BCUT2D eigenvalue weighted by Gasteiger charge is 2.04. The van der Waals surface area contributed by atoms with Crippen LogP contribution >= 0.6 is 27.5 Å². The molecule has 0 unspecified atom stereocenters. The summed E-state index contributed by atoms with van der Waals surface area (Å²) in [5.74, 6) is 0.749. The summed E-state index contributed by atoms with van der Waals surface area (Å²) in [4.78, 5) is 8.08. The van der Waals surface area contributed by atoms with Gasteiger partial charge in [0.2, 0.25) is 5.28 Å². The van der Waals surface area contributed by atoms with E-state index in [4.69, 9.17) is 16.3 Å². The van der Waals surface area contributed by atoms with Gasteiger partial charge in [0.25, 0.3) is 0 Å². The zero-order valence-electron chi connectivity index (χ0n) is 7.29. The minimum atomic E-state index is 0.220. The molecule has 0 amide bonds. The van der Waals surface area contributed by atoms with Gasteiger partial charge in [-0.1, -0.05) is 0 Å². The number of benzene rings is 1. The van der Waals surface area contributed by atoms with Crippen molar-refractivity contribution in [1.82, 2.24) is 9.97 Å². The summed E-state index contributed by atoms with van der Waals surface area (Å²) in [5, 5.41) is 1.13. The van der Waals surface area contributed by atoms with Gasteiger partial charge in [-0.05, 0) is 39.7 Å². The largest absolute Gasteiger partial charge is 0.497 e. The van der Waals surface area contributed by atoms with Crippen LogP contribution in [0.25, 0.3) is 10.9 Å². The lowest BCUT2D eigenvalue weighted by Crippen LogP contribution is -1.88. The summed E-state index contributed by atoms with van der Waals surface area (Å²) in [5.41, 5.74) is 0.760. The fourth-order valence-corrected chi connectivity index (χ4v) is 1.95. The minimum absolute atomic E-state index is 0.220. The maximum Gasteiger partial charge on any atom is 0.224 e. The third-order valence-electron chi connectivity index (χ3n) is 1.83. The topological polar surface area (TPSA) is 35.0 Å². The fourth-order valence-electron chi connectivity index (χ4n) is 1.17. The molecular formula is C9H6BrClN2O. The standard InChI is InChI=1S/C9H6BrClN2O/c1-14-5-2-3-6-7(4-5)12-9(11)13-8(6)10/h2-4H,1H3. The molecule has 1 aromatic heterocycles. The van der Waals surface area contributed by atoms with E-state index in [1.165, 1.54) is 0 Å². The van der Waals surface area contributed by atoms with E-state index in [1.54, 1.807) is 7.11 Å². The van der Waals surface area contributed by atoms with Gasteiger partial charge in [0.1, 0.15) is 10.4 Å². The van der Waals surface area contributed by atoms with E-state index in [9.17, 15) is 0 Å². The quantitative estimate of drug-likeness (QED) is 0.592. The molecule has 72 valence electrons. The first kappa shape index (κ1) is 9.68. The average molecular weight is 274 g/mol. The molecule has 2 aromatic rings. The summed E-state index contributed by atoms with van der Waals surface area (Å²) >= 11 is 9.04. The van der Waals surface area contributed by atoms with Crippen molar-refractivity contribution in [2.75, 3.05) is 7.11 Å². The van der Waals surface area contributed by atoms with Crippen molar-refractivity contribution >= 4 is 38.4 Å². The molecule has 3 nitrogen and oxygen atoms in total. The van der Waals surface area contributed by atoms with E-state index in [1.807, 2.05) is 18.2 Å². The highest BCUT2D eigenvalue weighted by Crippen LogP contribution is 2.25. The number of ether oxygens (including phenoxy) is 1. The molecular weight excluding hydrogens is 267 g/mol. The van der Waals surface area contributed by atoms with Crippen LogP contribution in [0, 0.1) is 0 Å².